The van der Waals surface area contributed by atoms with Crippen LogP contribution in [0.2, 0.25) is 0 Å². The third-order valence-corrected chi connectivity index (χ3v) is 4.21. The van der Waals surface area contributed by atoms with Crippen LogP contribution in [0.25, 0.3) is 0 Å². The first-order valence-electron chi connectivity index (χ1n) is 7.66. The highest BCUT2D eigenvalue weighted by atomic mass is 35.5. The number of halogens is 3. The summed E-state index contributed by atoms with van der Waals surface area (Å²) in [5.74, 6) is -3.66. The van der Waals surface area contributed by atoms with E-state index in [4.69, 9.17) is 16.3 Å². The predicted octanol–water partition coefficient (Wildman–Crippen LogP) is 4.93. The Morgan fingerprint density at radius 2 is 1.85 bits per heavy atom. The normalized spacial score (nSPS) is 25.6. The monoisotopic (exact) mass is 310 g/mol. The molecule has 1 fully saturated rings. The van der Waals surface area contributed by atoms with Crippen LogP contribution in [0.4, 0.5) is 8.78 Å². The van der Waals surface area contributed by atoms with Crippen LogP contribution in [0.5, 0.6) is 0 Å². The molecule has 0 amide bonds. The molecule has 0 heterocycles. The molecular weight excluding hydrogens is 286 g/mol. The lowest BCUT2D eigenvalue weighted by Crippen LogP contribution is -2.43. The number of carbonyl (C=O) groups is 1. The summed E-state index contributed by atoms with van der Waals surface area (Å²) in [5.41, 5.74) is 0. The second-order valence-corrected chi connectivity index (χ2v) is 6.04. The van der Waals surface area contributed by atoms with E-state index in [0.717, 1.165) is 19.3 Å². The molecule has 0 saturated heterocycles. The minimum Gasteiger partial charge on any atom is -0.372 e. The Bertz CT molecular complexity index is 298. The lowest BCUT2D eigenvalue weighted by atomic mass is 9.85. The lowest BCUT2D eigenvalue weighted by molar-refractivity contribution is -0.170. The number of carbonyl (C=O) groups excluding carboxylic acids is 1. The second-order valence-electron chi connectivity index (χ2n) is 5.67. The average molecular weight is 311 g/mol. The van der Waals surface area contributed by atoms with Crippen LogP contribution in [0, 0.1) is 5.92 Å². The van der Waals surface area contributed by atoms with E-state index in [1.165, 1.54) is 19.3 Å². The van der Waals surface area contributed by atoms with Crippen molar-refractivity contribution in [1.82, 2.24) is 0 Å². The number of rotatable bonds is 9. The smallest absolute Gasteiger partial charge is 0.274 e. The van der Waals surface area contributed by atoms with Crippen LogP contribution in [-0.4, -0.2) is 23.9 Å². The fourth-order valence-electron chi connectivity index (χ4n) is 2.63. The zero-order chi connectivity index (χ0) is 15.0. The summed E-state index contributed by atoms with van der Waals surface area (Å²) in [6.07, 6.45) is 5.72. The van der Waals surface area contributed by atoms with Gasteiger partial charge in [0.2, 0.25) is 5.24 Å². The highest BCUT2D eigenvalue weighted by Crippen LogP contribution is 2.39. The molecule has 1 saturated carbocycles. The molecule has 0 aromatic carbocycles. The van der Waals surface area contributed by atoms with Crippen LogP contribution >= 0.6 is 11.6 Å². The van der Waals surface area contributed by atoms with Gasteiger partial charge in [-0.2, -0.15) is 0 Å². The van der Waals surface area contributed by atoms with Gasteiger partial charge in [-0.25, -0.2) is 8.78 Å². The molecule has 0 radical (unpaired) electrons. The summed E-state index contributed by atoms with van der Waals surface area (Å²) in [5, 5.41) is -0.654. The van der Waals surface area contributed by atoms with E-state index < -0.39 is 29.6 Å². The first-order valence-corrected chi connectivity index (χ1v) is 8.04. The van der Waals surface area contributed by atoms with Crippen LogP contribution in [0.3, 0.4) is 0 Å². The molecule has 20 heavy (non-hydrogen) atoms. The van der Waals surface area contributed by atoms with Crippen molar-refractivity contribution in [1.29, 1.82) is 0 Å². The molecule has 0 aromatic rings. The van der Waals surface area contributed by atoms with Gasteiger partial charge < -0.3 is 4.74 Å². The number of unbranched alkanes of at least 4 members (excludes halogenated alkanes) is 5. The van der Waals surface area contributed by atoms with E-state index >= 15 is 0 Å². The van der Waals surface area contributed by atoms with Gasteiger partial charge in [0.15, 0.2) is 0 Å². The van der Waals surface area contributed by atoms with Crippen LogP contribution < -0.4 is 0 Å². The maximum Gasteiger partial charge on any atom is 0.274 e. The highest BCUT2D eigenvalue weighted by Gasteiger charge is 2.47. The molecule has 0 bridgehead atoms. The Balaban J connectivity index is 2.19. The van der Waals surface area contributed by atoms with E-state index in [-0.39, 0.29) is 6.42 Å². The van der Waals surface area contributed by atoms with Gasteiger partial charge in [0, 0.05) is 18.9 Å². The first-order chi connectivity index (χ1) is 9.47. The van der Waals surface area contributed by atoms with Crippen LogP contribution in [0.15, 0.2) is 0 Å². The number of hydrogen-bond acceptors (Lipinski definition) is 2. The van der Waals surface area contributed by atoms with Gasteiger partial charge in [0.25, 0.3) is 5.92 Å². The minimum absolute atomic E-state index is 0.214. The Morgan fingerprint density at radius 3 is 2.45 bits per heavy atom. The number of alkyl halides is 2. The van der Waals surface area contributed by atoms with Crippen molar-refractivity contribution in [3.63, 3.8) is 0 Å². The molecule has 0 spiro atoms. The summed E-state index contributed by atoms with van der Waals surface area (Å²) < 4.78 is 33.0. The second kappa shape index (κ2) is 8.93. The Hall–Kier alpha value is -0.220. The molecule has 2 unspecified atom stereocenters. The molecule has 0 aliphatic heterocycles. The highest BCUT2D eigenvalue weighted by molar-refractivity contribution is 6.64. The molecule has 1 aliphatic carbocycles. The fraction of sp³-hybridized carbons (Fsp3) is 0.933. The Labute approximate surface area is 125 Å². The number of ether oxygens (including phenoxy) is 1. The van der Waals surface area contributed by atoms with Gasteiger partial charge in [0.05, 0.1) is 0 Å². The average Bonchev–Trinajstić information content (AvgIpc) is 2.38. The zero-order valence-electron chi connectivity index (χ0n) is 12.2. The summed E-state index contributed by atoms with van der Waals surface area (Å²) >= 11 is 5.31. The van der Waals surface area contributed by atoms with Crippen molar-refractivity contribution >= 4 is 16.8 Å². The van der Waals surface area contributed by atoms with Crippen molar-refractivity contribution in [3.05, 3.63) is 0 Å². The van der Waals surface area contributed by atoms with Gasteiger partial charge in [-0.05, 0) is 30.9 Å². The summed E-state index contributed by atoms with van der Waals surface area (Å²) in [4.78, 5) is 11.0. The van der Waals surface area contributed by atoms with Crippen LogP contribution in [0.1, 0.15) is 64.7 Å². The van der Waals surface area contributed by atoms with Gasteiger partial charge in [-0.1, -0.05) is 39.0 Å². The van der Waals surface area contributed by atoms with Gasteiger partial charge >= 0.3 is 0 Å². The zero-order valence-corrected chi connectivity index (χ0v) is 12.9. The molecule has 0 N–H and O–H groups in total. The maximum atomic E-state index is 13.8. The van der Waals surface area contributed by atoms with Gasteiger partial charge in [-0.15, -0.1) is 0 Å². The predicted molar refractivity (Wildman–Crippen MR) is 76.3 cm³/mol. The van der Waals surface area contributed by atoms with Crippen molar-refractivity contribution in [3.8, 4) is 0 Å². The minimum atomic E-state index is -2.93. The van der Waals surface area contributed by atoms with Crippen molar-refractivity contribution < 1.29 is 18.3 Å². The topological polar surface area (TPSA) is 26.3 Å². The molecule has 2 atom stereocenters. The summed E-state index contributed by atoms with van der Waals surface area (Å²) in [6, 6.07) is 0. The fourth-order valence-corrected chi connectivity index (χ4v) is 2.82. The van der Waals surface area contributed by atoms with Crippen molar-refractivity contribution in [2.45, 2.75) is 76.7 Å². The SMILES string of the molecule is CCCCCCCCOC1CCC(C(=O)Cl)CC1(F)F. The largest absolute Gasteiger partial charge is 0.372 e. The standard InChI is InChI=1S/C15H25ClF2O2/c1-2-3-4-5-6-7-10-20-13-9-8-12(14(16)19)11-15(13,17)18/h12-13H,2-11H2,1H3. The van der Waals surface area contributed by atoms with E-state index in [9.17, 15) is 13.6 Å². The van der Waals surface area contributed by atoms with E-state index in [1.54, 1.807) is 0 Å². The Kier molecular flexibility index (Phi) is 7.96. The van der Waals surface area contributed by atoms with Crippen LogP contribution in [-0.2, 0) is 9.53 Å². The molecule has 1 rings (SSSR count). The van der Waals surface area contributed by atoms with E-state index in [2.05, 4.69) is 6.92 Å². The van der Waals surface area contributed by atoms with Gasteiger partial charge in [0.1, 0.15) is 6.10 Å². The molecular formula is C15H25ClF2O2. The number of hydrogen-bond donors (Lipinski definition) is 0. The third kappa shape index (κ3) is 6.04. The quantitative estimate of drug-likeness (QED) is 0.446. The van der Waals surface area contributed by atoms with E-state index in [1.807, 2.05) is 0 Å². The summed E-state index contributed by atoms with van der Waals surface area (Å²) in [6.45, 7) is 2.54. The third-order valence-electron chi connectivity index (χ3n) is 3.90. The van der Waals surface area contributed by atoms with E-state index in [0.29, 0.717) is 13.0 Å². The molecule has 0 aromatic heterocycles. The Morgan fingerprint density at radius 1 is 1.20 bits per heavy atom. The lowest BCUT2D eigenvalue weighted by Gasteiger charge is -2.34. The van der Waals surface area contributed by atoms with Gasteiger partial charge in [-0.3, -0.25) is 4.79 Å². The molecule has 1 aliphatic rings. The first kappa shape index (κ1) is 17.8. The maximum absolute atomic E-state index is 13.8. The van der Waals surface area contributed by atoms with Crippen molar-refractivity contribution in [2.24, 2.45) is 5.92 Å². The molecule has 2 nitrogen and oxygen atoms in total. The molecule has 5 heteroatoms. The summed E-state index contributed by atoms with van der Waals surface area (Å²) in [7, 11) is 0. The molecule has 118 valence electrons. The van der Waals surface area contributed by atoms with Crippen molar-refractivity contribution in [2.75, 3.05) is 6.61 Å².